The molecule has 0 heterocycles. The minimum Gasteiger partial charge on any atom is -0.394 e. The molecule has 2 aromatic carbocycles. The molecule has 7 heteroatoms. The number of aliphatic hydroxyl groups excluding tert-OH is 1. The van der Waals surface area contributed by atoms with Gasteiger partial charge in [0.2, 0.25) is 0 Å². The van der Waals surface area contributed by atoms with Crippen molar-refractivity contribution in [3.8, 4) is 0 Å². The molecule has 3 N–H and O–H groups in total. The first-order valence-electron chi connectivity index (χ1n) is 7.91. The Bertz CT molecular complexity index is 759. The zero-order chi connectivity index (χ0) is 18.4. The van der Waals surface area contributed by atoms with Crippen LogP contribution in [-0.2, 0) is 6.54 Å². The second-order valence-corrected chi connectivity index (χ2v) is 5.81. The van der Waals surface area contributed by atoms with Gasteiger partial charge < -0.3 is 15.7 Å². The van der Waals surface area contributed by atoms with Gasteiger partial charge in [0, 0.05) is 35.5 Å². The number of nitro groups is 1. The van der Waals surface area contributed by atoms with Crippen LogP contribution in [0.15, 0.2) is 42.5 Å². The number of hydrogen-bond acceptors (Lipinski definition) is 5. The smallest absolute Gasteiger partial charge is 0.272 e. The molecule has 2 rings (SSSR count). The normalized spacial score (nSPS) is 11.6. The molecule has 0 fully saturated rings. The molecule has 0 aliphatic carbocycles. The zero-order valence-corrected chi connectivity index (χ0v) is 14.2. The topological polar surface area (TPSA) is 104 Å². The van der Waals surface area contributed by atoms with Crippen molar-refractivity contribution in [2.75, 3.05) is 11.9 Å². The second kappa shape index (κ2) is 8.25. The number of nitro benzene ring substituents is 1. The molecule has 0 radical (unpaired) electrons. The molecule has 0 aliphatic heterocycles. The molecule has 0 spiro atoms. The maximum absolute atomic E-state index is 11.9. The molecular formula is C18H21N3O4. The Labute approximate surface area is 145 Å². The van der Waals surface area contributed by atoms with Crippen LogP contribution in [0.5, 0.6) is 0 Å². The molecule has 132 valence electrons. The van der Waals surface area contributed by atoms with E-state index < -0.39 is 0 Å². The molecule has 0 saturated heterocycles. The van der Waals surface area contributed by atoms with Crippen molar-refractivity contribution in [2.45, 2.75) is 26.4 Å². The lowest BCUT2D eigenvalue weighted by Gasteiger charge is -2.12. The monoisotopic (exact) mass is 343 g/mol. The first-order valence-corrected chi connectivity index (χ1v) is 7.91. The largest absolute Gasteiger partial charge is 0.394 e. The lowest BCUT2D eigenvalue weighted by atomic mass is 10.1. The second-order valence-electron chi connectivity index (χ2n) is 5.81. The fourth-order valence-electron chi connectivity index (χ4n) is 2.35. The summed E-state index contributed by atoms with van der Waals surface area (Å²) >= 11 is 0. The van der Waals surface area contributed by atoms with Crippen molar-refractivity contribution in [1.82, 2.24) is 5.32 Å². The average Bonchev–Trinajstić information content (AvgIpc) is 2.60. The number of carbonyl (C=O) groups is 1. The Balaban J connectivity index is 2.02. The van der Waals surface area contributed by atoms with Crippen LogP contribution in [0.2, 0.25) is 0 Å². The fraction of sp³-hybridized carbons (Fsp3) is 0.278. The first-order chi connectivity index (χ1) is 11.9. The van der Waals surface area contributed by atoms with Crippen LogP contribution in [0.3, 0.4) is 0 Å². The van der Waals surface area contributed by atoms with Crippen LogP contribution in [0.4, 0.5) is 11.4 Å². The summed E-state index contributed by atoms with van der Waals surface area (Å²) in [7, 11) is 0. The molecule has 0 aliphatic rings. The standard InChI is InChI=1S/C18H21N3O4/c1-12(11-22)20-18(23)14-6-8-16(9-7-14)19-10-15-4-3-5-17(13(15)2)21(24)25/h3-9,12,19,22H,10-11H2,1-2H3,(H,20,23)/t12-/m1/s1. The Morgan fingerprint density at radius 1 is 1.24 bits per heavy atom. The van der Waals surface area contributed by atoms with E-state index in [0.29, 0.717) is 17.7 Å². The number of anilines is 1. The van der Waals surface area contributed by atoms with Crippen molar-refractivity contribution in [1.29, 1.82) is 0 Å². The number of nitrogens with one attached hydrogen (secondary N) is 2. The zero-order valence-electron chi connectivity index (χ0n) is 14.2. The van der Waals surface area contributed by atoms with Crippen LogP contribution in [0.1, 0.15) is 28.4 Å². The summed E-state index contributed by atoms with van der Waals surface area (Å²) in [5.41, 5.74) is 2.88. The molecule has 2 aromatic rings. The molecular weight excluding hydrogens is 322 g/mol. The predicted molar refractivity (Wildman–Crippen MR) is 95.6 cm³/mol. The minimum atomic E-state index is -0.389. The van der Waals surface area contributed by atoms with Crippen LogP contribution in [0, 0.1) is 17.0 Å². The van der Waals surface area contributed by atoms with Gasteiger partial charge in [-0.1, -0.05) is 12.1 Å². The summed E-state index contributed by atoms with van der Waals surface area (Å²) < 4.78 is 0. The van der Waals surface area contributed by atoms with Crippen LogP contribution >= 0.6 is 0 Å². The Hall–Kier alpha value is -2.93. The summed E-state index contributed by atoms with van der Waals surface area (Å²) in [6, 6.07) is 11.6. The van der Waals surface area contributed by atoms with E-state index in [1.807, 2.05) is 6.07 Å². The van der Waals surface area contributed by atoms with Gasteiger partial charge in [-0.05, 0) is 43.7 Å². The van der Waals surface area contributed by atoms with E-state index in [9.17, 15) is 14.9 Å². The third-order valence-electron chi connectivity index (χ3n) is 3.90. The molecule has 1 atom stereocenters. The van der Waals surface area contributed by atoms with E-state index >= 15 is 0 Å². The lowest BCUT2D eigenvalue weighted by molar-refractivity contribution is -0.385. The Kier molecular flexibility index (Phi) is 6.08. The number of carbonyl (C=O) groups excluding carboxylic acids is 1. The SMILES string of the molecule is Cc1c(CNc2ccc(C(=O)N[C@H](C)CO)cc2)cccc1[N+](=O)[O-]. The molecule has 25 heavy (non-hydrogen) atoms. The maximum atomic E-state index is 11.9. The van der Waals surface area contributed by atoms with Gasteiger partial charge in [-0.3, -0.25) is 14.9 Å². The van der Waals surface area contributed by atoms with Crippen molar-refractivity contribution in [3.63, 3.8) is 0 Å². The Morgan fingerprint density at radius 3 is 2.52 bits per heavy atom. The molecule has 0 saturated carbocycles. The van der Waals surface area contributed by atoms with Crippen LogP contribution < -0.4 is 10.6 Å². The fourth-order valence-corrected chi connectivity index (χ4v) is 2.35. The molecule has 7 nitrogen and oxygen atoms in total. The van der Waals surface area contributed by atoms with Gasteiger partial charge in [0.25, 0.3) is 11.6 Å². The Morgan fingerprint density at radius 2 is 1.92 bits per heavy atom. The van der Waals surface area contributed by atoms with E-state index in [0.717, 1.165) is 11.3 Å². The van der Waals surface area contributed by atoms with Gasteiger partial charge in [-0.2, -0.15) is 0 Å². The number of nitrogens with zero attached hydrogens (tertiary/aromatic N) is 1. The van der Waals surface area contributed by atoms with Crippen LogP contribution in [-0.4, -0.2) is 28.6 Å². The number of rotatable bonds is 7. The first kappa shape index (κ1) is 18.4. The molecule has 0 aromatic heterocycles. The van der Waals surface area contributed by atoms with E-state index in [2.05, 4.69) is 10.6 Å². The quantitative estimate of drug-likeness (QED) is 0.529. The highest BCUT2D eigenvalue weighted by Crippen LogP contribution is 2.22. The highest BCUT2D eigenvalue weighted by Gasteiger charge is 2.13. The highest BCUT2D eigenvalue weighted by atomic mass is 16.6. The maximum Gasteiger partial charge on any atom is 0.272 e. The van der Waals surface area contributed by atoms with E-state index in [-0.39, 0.29) is 29.2 Å². The summed E-state index contributed by atoms with van der Waals surface area (Å²) in [5, 5.41) is 25.8. The summed E-state index contributed by atoms with van der Waals surface area (Å²) in [4.78, 5) is 22.5. The molecule has 0 bridgehead atoms. The average molecular weight is 343 g/mol. The van der Waals surface area contributed by atoms with Crippen molar-refractivity contribution < 1.29 is 14.8 Å². The van der Waals surface area contributed by atoms with E-state index in [1.54, 1.807) is 44.2 Å². The minimum absolute atomic E-state index is 0.101. The van der Waals surface area contributed by atoms with Gasteiger partial charge in [-0.25, -0.2) is 0 Å². The molecule has 0 unspecified atom stereocenters. The van der Waals surface area contributed by atoms with Crippen molar-refractivity contribution in [3.05, 3.63) is 69.3 Å². The van der Waals surface area contributed by atoms with Gasteiger partial charge in [0.15, 0.2) is 0 Å². The summed E-state index contributed by atoms with van der Waals surface area (Å²) in [6.45, 7) is 3.77. The lowest BCUT2D eigenvalue weighted by Crippen LogP contribution is -2.34. The van der Waals surface area contributed by atoms with Gasteiger partial charge >= 0.3 is 0 Å². The molecule has 1 amide bonds. The van der Waals surface area contributed by atoms with Gasteiger partial charge in [-0.15, -0.1) is 0 Å². The number of aliphatic hydroxyl groups is 1. The predicted octanol–water partition coefficient (Wildman–Crippen LogP) is 2.63. The third-order valence-corrected chi connectivity index (χ3v) is 3.90. The van der Waals surface area contributed by atoms with E-state index in [1.165, 1.54) is 6.07 Å². The highest BCUT2D eigenvalue weighted by molar-refractivity contribution is 5.94. The van der Waals surface area contributed by atoms with E-state index in [4.69, 9.17) is 5.11 Å². The summed E-state index contributed by atoms with van der Waals surface area (Å²) in [6.07, 6.45) is 0. The third kappa shape index (κ3) is 4.77. The number of hydrogen-bond donors (Lipinski definition) is 3. The number of amides is 1. The van der Waals surface area contributed by atoms with Crippen molar-refractivity contribution in [2.24, 2.45) is 0 Å². The summed E-state index contributed by atoms with van der Waals surface area (Å²) in [5.74, 6) is -0.248. The number of benzene rings is 2. The van der Waals surface area contributed by atoms with Crippen molar-refractivity contribution >= 4 is 17.3 Å². The van der Waals surface area contributed by atoms with Crippen LogP contribution in [0.25, 0.3) is 0 Å². The van der Waals surface area contributed by atoms with Gasteiger partial charge in [0.1, 0.15) is 0 Å². The van der Waals surface area contributed by atoms with Gasteiger partial charge in [0.05, 0.1) is 11.5 Å².